The summed E-state index contributed by atoms with van der Waals surface area (Å²) in [4.78, 5) is 6.95. The van der Waals surface area contributed by atoms with Gasteiger partial charge in [-0.3, -0.25) is 4.99 Å². The van der Waals surface area contributed by atoms with Gasteiger partial charge < -0.3 is 15.0 Å². The summed E-state index contributed by atoms with van der Waals surface area (Å²) in [5, 5.41) is 3.54. The van der Waals surface area contributed by atoms with Crippen molar-refractivity contribution in [3.63, 3.8) is 0 Å². The van der Waals surface area contributed by atoms with E-state index >= 15 is 0 Å². The van der Waals surface area contributed by atoms with Crippen molar-refractivity contribution in [1.29, 1.82) is 0 Å². The van der Waals surface area contributed by atoms with Gasteiger partial charge in [-0.15, -0.1) is 24.0 Å². The number of nitrogens with one attached hydrogen (secondary N) is 1. The van der Waals surface area contributed by atoms with Crippen LogP contribution in [-0.4, -0.2) is 50.8 Å². The molecule has 0 aromatic heterocycles. The Morgan fingerprint density at radius 1 is 1.23 bits per heavy atom. The fraction of sp³-hybridized carbons (Fsp3) is 0.667. The lowest BCUT2D eigenvalue weighted by atomic mass is 9.79. The van der Waals surface area contributed by atoms with Gasteiger partial charge in [0, 0.05) is 39.9 Å². The molecule has 0 spiro atoms. The molecular formula is C21H36IN3O. The molecule has 2 atom stereocenters. The summed E-state index contributed by atoms with van der Waals surface area (Å²) in [7, 11) is 1.90. The molecule has 0 amide bonds. The maximum Gasteiger partial charge on any atom is 0.193 e. The molecule has 5 heteroatoms. The van der Waals surface area contributed by atoms with Crippen LogP contribution in [0.15, 0.2) is 35.3 Å². The fourth-order valence-electron chi connectivity index (χ4n) is 3.78. The van der Waals surface area contributed by atoms with Crippen LogP contribution < -0.4 is 5.32 Å². The molecule has 1 aromatic carbocycles. The summed E-state index contributed by atoms with van der Waals surface area (Å²) in [6, 6.07) is 11.0. The number of hydrogen-bond acceptors (Lipinski definition) is 2. The number of nitrogens with zero attached hydrogens (tertiary/aromatic N) is 2. The zero-order valence-corrected chi connectivity index (χ0v) is 18.9. The van der Waals surface area contributed by atoms with Crippen LogP contribution in [0.5, 0.6) is 0 Å². The van der Waals surface area contributed by atoms with E-state index in [1.165, 1.54) is 18.4 Å². The molecule has 2 rings (SSSR count). The number of hydrogen-bond donors (Lipinski definition) is 1. The van der Waals surface area contributed by atoms with Crippen molar-refractivity contribution in [3.8, 4) is 0 Å². The fourth-order valence-corrected chi connectivity index (χ4v) is 3.78. The number of halogens is 1. The smallest absolute Gasteiger partial charge is 0.193 e. The van der Waals surface area contributed by atoms with Crippen LogP contribution in [0.2, 0.25) is 0 Å². The molecule has 1 heterocycles. The van der Waals surface area contributed by atoms with Gasteiger partial charge in [-0.05, 0) is 43.6 Å². The standard InChI is InChI=1S/C21H35N3O.HI/c1-4-18-17-24(15-13-20(18)19-11-7-6-8-12-19)21(22-3)23-14-9-10-16-25-5-2;/h6-8,11-12,18,20H,4-5,9-10,13-17H2,1-3H3,(H,22,23);1H. The second kappa shape index (κ2) is 13.4. The van der Waals surface area contributed by atoms with Crippen molar-refractivity contribution in [1.82, 2.24) is 10.2 Å². The van der Waals surface area contributed by atoms with Crippen molar-refractivity contribution in [2.75, 3.05) is 39.9 Å². The molecule has 0 radical (unpaired) electrons. The van der Waals surface area contributed by atoms with Crippen LogP contribution in [0, 0.1) is 5.92 Å². The quantitative estimate of drug-likeness (QED) is 0.261. The molecule has 1 aliphatic heterocycles. The monoisotopic (exact) mass is 473 g/mol. The third-order valence-corrected chi connectivity index (χ3v) is 5.20. The Bertz CT molecular complexity index is 509. The van der Waals surface area contributed by atoms with Crippen LogP contribution in [0.25, 0.3) is 0 Å². The molecule has 26 heavy (non-hydrogen) atoms. The highest BCUT2D eigenvalue weighted by atomic mass is 127. The van der Waals surface area contributed by atoms with E-state index in [0.717, 1.165) is 51.6 Å². The van der Waals surface area contributed by atoms with Crippen LogP contribution in [0.3, 0.4) is 0 Å². The SMILES string of the molecule is CCOCCCCNC(=NC)N1CCC(c2ccccc2)C(CC)C1.I. The van der Waals surface area contributed by atoms with Crippen molar-refractivity contribution in [2.24, 2.45) is 10.9 Å². The number of guanidine groups is 1. The van der Waals surface area contributed by atoms with Crippen molar-refractivity contribution in [3.05, 3.63) is 35.9 Å². The number of rotatable bonds is 8. The highest BCUT2D eigenvalue weighted by Crippen LogP contribution is 2.34. The Kier molecular flexibility index (Phi) is 11.9. The Balaban J connectivity index is 0.00000338. The molecule has 4 nitrogen and oxygen atoms in total. The van der Waals surface area contributed by atoms with E-state index in [4.69, 9.17) is 4.74 Å². The van der Waals surface area contributed by atoms with E-state index in [1.54, 1.807) is 0 Å². The third kappa shape index (κ3) is 7.06. The number of aliphatic imine (C=N–C) groups is 1. The molecule has 1 saturated heterocycles. The van der Waals surface area contributed by atoms with E-state index in [9.17, 15) is 0 Å². The average molecular weight is 473 g/mol. The minimum absolute atomic E-state index is 0. The summed E-state index contributed by atoms with van der Waals surface area (Å²) in [5.41, 5.74) is 1.49. The van der Waals surface area contributed by atoms with Gasteiger partial charge in [0.1, 0.15) is 0 Å². The van der Waals surface area contributed by atoms with Gasteiger partial charge in [0.05, 0.1) is 0 Å². The van der Waals surface area contributed by atoms with E-state index in [1.807, 2.05) is 14.0 Å². The van der Waals surface area contributed by atoms with Crippen LogP contribution in [0.4, 0.5) is 0 Å². The first-order chi connectivity index (χ1) is 12.3. The first-order valence-electron chi connectivity index (χ1n) is 9.88. The molecular weight excluding hydrogens is 437 g/mol. The van der Waals surface area contributed by atoms with Gasteiger partial charge in [0.25, 0.3) is 0 Å². The molecule has 148 valence electrons. The van der Waals surface area contributed by atoms with E-state index in [0.29, 0.717) is 11.8 Å². The van der Waals surface area contributed by atoms with Gasteiger partial charge >= 0.3 is 0 Å². The van der Waals surface area contributed by atoms with Crippen LogP contribution in [-0.2, 0) is 4.74 Å². The molecule has 2 unspecified atom stereocenters. The number of likely N-dealkylation sites (tertiary alicyclic amines) is 1. The Morgan fingerprint density at radius 2 is 2.00 bits per heavy atom. The zero-order valence-electron chi connectivity index (χ0n) is 16.6. The summed E-state index contributed by atoms with van der Waals surface area (Å²) in [5.74, 6) is 2.42. The van der Waals surface area contributed by atoms with Crippen molar-refractivity contribution in [2.45, 2.75) is 45.4 Å². The predicted octanol–water partition coefficient (Wildman–Crippen LogP) is 4.51. The van der Waals surface area contributed by atoms with Gasteiger partial charge in [0.15, 0.2) is 5.96 Å². The molecule has 1 N–H and O–H groups in total. The Morgan fingerprint density at radius 3 is 2.65 bits per heavy atom. The number of ether oxygens (including phenoxy) is 1. The van der Waals surface area contributed by atoms with E-state index in [-0.39, 0.29) is 24.0 Å². The second-order valence-electron chi connectivity index (χ2n) is 6.80. The van der Waals surface area contributed by atoms with Gasteiger partial charge in [-0.1, -0.05) is 43.7 Å². The zero-order chi connectivity index (χ0) is 17.9. The van der Waals surface area contributed by atoms with Crippen molar-refractivity contribution < 1.29 is 4.74 Å². The second-order valence-corrected chi connectivity index (χ2v) is 6.80. The van der Waals surface area contributed by atoms with Gasteiger partial charge in [-0.25, -0.2) is 0 Å². The number of piperidine rings is 1. The first-order valence-corrected chi connectivity index (χ1v) is 9.88. The highest BCUT2D eigenvalue weighted by molar-refractivity contribution is 14.0. The lowest BCUT2D eigenvalue weighted by Crippen LogP contribution is -2.48. The number of unbranched alkanes of at least 4 members (excludes halogenated alkanes) is 1. The number of benzene rings is 1. The highest BCUT2D eigenvalue weighted by Gasteiger charge is 2.30. The lowest BCUT2D eigenvalue weighted by molar-refractivity contribution is 0.143. The van der Waals surface area contributed by atoms with Crippen LogP contribution >= 0.6 is 24.0 Å². The van der Waals surface area contributed by atoms with Crippen molar-refractivity contribution >= 4 is 29.9 Å². The summed E-state index contributed by atoms with van der Waals surface area (Å²) in [6.07, 6.45) is 4.64. The molecule has 1 fully saturated rings. The van der Waals surface area contributed by atoms with Gasteiger partial charge in [0.2, 0.25) is 0 Å². The Hall–Kier alpha value is -0.820. The Labute approximate surface area is 176 Å². The third-order valence-electron chi connectivity index (χ3n) is 5.20. The van der Waals surface area contributed by atoms with E-state index < -0.39 is 0 Å². The molecule has 1 aliphatic rings. The average Bonchev–Trinajstić information content (AvgIpc) is 2.67. The lowest BCUT2D eigenvalue weighted by Gasteiger charge is -2.40. The maximum absolute atomic E-state index is 5.40. The largest absolute Gasteiger partial charge is 0.382 e. The molecule has 0 saturated carbocycles. The molecule has 0 bridgehead atoms. The summed E-state index contributed by atoms with van der Waals surface area (Å²) >= 11 is 0. The van der Waals surface area contributed by atoms with Gasteiger partial charge in [-0.2, -0.15) is 0 Å². The molecule has 1 aromatic rings. The predicted molar refractivity (Wildman–Crippen MR) is 122 cm³/mol. The first kappa shape index (κ1) is 23.2. The van der Waals surface area contributed by atoms with E-state index in [2.05, 4.69) is 52.5 Å². The maximum atomic E-state index is 5.40. The molecule has 0 aliphatic carbocycles. The van der Waals surface area contributed by atoms with Crippen LogP contribution in [0.1, 0.15) is 51.0 Å². The topological polar surface area (TPSA) is 36.9 Å². The minimum atomic E-state index is 0. The minimum Gasteiger partial charge on any atom is -0.382 e. The normalized spacial score (nSPS) is 20.6. The summed E-state index contributed by atoms with van der Waals surface area (Å²) < 4.78 is 5.40. The summed E-state index contributed by atoms with van der Waals surface area (Å²) in [6.45, 7) is 9.16.